The lowest BCUT2D eigenvalue weighted by Crippen LogP contribution is -2.27. The van der Waals surface area contributed by atoms with Gasteiger partial charge in [-0.3, -0.25) is 0 Å². The molecule has 1 aliphatic heterocycles. The first kappa shape index (κ1) is 28.2. The molecule has 0 spiro atoms. The van der Waals surface area contributed by atoms with Crippen LogP contribution in [0.3, 0.4) is 0 Å². The molecule has 1 heterocycles. The lowest BCUT2D eigenvalue weighted by Gasteiger charge is -2.29. The van der Waals surface area contributed by atoms with E-state index in [2.05, 4.69) is 6.92 Å². The van der Waals surface area contributed by atoms with E-state index in [9.17, 15) is 8.78 Å². The summed E-state index contributed by atoms with van der Waals surface area (Å²) in [5, 5.41) is 0. The van der Waals surface area contributed by atoms with Crippen molar-refractivity contribution in [2.75, 3.05) is 19.8 Å². The molecule has 0 saturated carbocycles. The molecule has 3 aromatic carbocycles. The summed E-state index contributed by atoms with van der Waals surface area (Å²) in [5.41, 5.74) is 2.31. The van der Waals surface area contributed by atoms with E-state index < -0.39 is 23.7 Å². The van der Waals surface area contributed by atoms with Crippen LogP contribution < -0.4 is 4.74 Å². The first-order valence-corrected chi connectivity index (χ1v) is 13.8. The number of unbranched alkanes of at least 4 members (excludes halogenated alkanes) is 4. The minimum absolute atomic E-state index is 0.101. The van der Waals surface area contributed by atoms with E-state index in [1.807, 2.05) is 13.0 Å². The first-order valence-electron chi connectivity index (χ1n) is 13.8. The highest BCUT2D eigenvalue weighted by Crippen LogP contribution is 2.34. The fourth-order valence-corrected chi connectivity index (χ4v) is 4.76. The van der Waals surface area contributed by atoms with Gasteiger partial charge in [-0.1, -0.05) is 82.3 Å². The maximum Gasteiger partial charge on any atom is 0.201 e. The van der Waals surface area contributed by atoms with Crippen molar-refractivity contribution in [3.63, 3.8) is 0 Å². The molecule has 0 N–H and O–H groups in total. The monoisotopic (exact) mass is 526 g/mol. The van der Waals surface area contributed by atoms with Gasteiger partial charge < -0.3 is 14.2 Å². The second-order valence-electron chi connectivity index (χ2n) is 9.97. The highest BCUT2D eigenvalue weighted by atomic mass is 19.2. The fraction of sp³-hybridized carbons (Fsp3) is 0.438. The highest BCUT2D eigenvalue weighted by Gasteiger charge is 2.24. The normalized spacial score (nSPS) is 17.5. The Morgan fingerprint density at radius 3 is 2.05 bits per heavy atom. The molecule has 204 valence electrons. The third kappa shape index (κ3) is 6.97. The number of hydrogen-bond donors (Lipinski definition) is 0. The van der Waals surface area contributed by atoms with Crippen LogP contribution in [0.25, 0.3) is 22.3 Å². The van der Waals surface area contributed by atoms with Gasteiger partial charge in [-0.15, -0.1) is 0 Å². The summed E-state index contributed by atoms with van der Waals surface area (Å²) in [6, 6.07) is 14.6. The minimum Gasteiger partial charge on any atom is -0.490 e. The van der Waals surface area contributed by atoms with Gasteiger partial charge in [0.2, 0.25) is 5.82 Å². The number of halogens is 3. The van der Waals surface area contributed by atoms with E-state index in [1.54, 1.807) is 30.3 Å². The van der Waals surface area contributed by atoms with Crippen LogP contribution in [-0.4, -0.2) is 19.8 Å². The third-order valence-electron chi connectivity index (χ3n) is 6.96. The van der Waals surface area contributed by atoms with Crippen LogP contribution >= 0.6 is 0 Å². The highest BCUT2D eigenvalue weighted by molar-refractivity contribution is 5.71. The van der Waals surface area contributed by atoms with Crippen molar-refractivity contribution in [3.8, 4) is 28.0 Å². The lowest BCUT2D eigenvalue weighted by atomic mass is 9.98. The number of hydrogen-bond acceptors (Lipinski definition) is 3. The van der Waals surface area contributed by atoms with Gasteiger partial charge in [-0.05, 0) is 42.2 Å². The van der Waals surface area contributed by atoms with Gasteiger partial charge in [-0.2, -0.15) is 4.39 Å². The maximum atomic E-state index is 15.1. The van der Waals surface area contributed by atoms with Crippen LogP contribution in [0, 0.1) is 23.4 Å². The summed E-state index contributed by atoms with van der Waals surface area (Å²) >= 11 is 0. The summed E-state index contributed by atoms with van der Waals surface area (Å²) in [4.78, 5) is 0. The molecule has 0 aliphatic carbocycles. The standard InChI is InChI=1S/C32H37F3O3/c1-3-5-6-7-8-9-22-20-37-32(38-21-22)25-14-15-26(28(33)19-25)23-10-12-24(13-11-23)27-16-17-29(36-18-4-2)31(35)30(27)34/h10-17,19,22,32H,3-9,18,20-21H2,1-2H3. The van der Waals surface area contributed by atoms with Gasteiger partial charge in [0, 0.05) is 22.6 Å². The summed E-state index contributed by atoms with van der Waals surface area (Å²) in [7, 11) is 0. The van der Waals surface area contributed by atoms with Crippen molar-refractivity contribution < 1.29 is 27.4 Å². The number of ether oxygens (including phenoxy) is 3. The van der Waals surface area contributed by atoms with E-state index >= 15 is 4.39 Å². The van der Waals surface area contributed by atoms with E-state index in [1.165, 1.54) is 50.3 Å². The smallest absolute Gasteiger partial charge is 0.201 e. The molecule has 0 aromatic heterocycles. The Hall–Kier alpha value is -2.83. The molecule has 6 heteroatoms. The quantitative estimate of drug-likeness (QED) is 0.220. The lowest BCUT2D eigenvalue weighted by molar-refractivity contribution is -0.206. The molecule has 1 aliphatic rings. The Bertz CT molecular complexity index is 1170. The first-order chi connectivity index (χ1) is 18.5. The number of benzene rings is 3. The molecule has 38 heavy (non-hydrogen) atoms. The second kappa shape index (κ2) is 13.8. The fourth-order valence-electron chi connectivity index (χ4n) is 4.76. The average molecular weight is 527 g/mol. The SMILES string of the molecule is CCCCCCCC1COC(c2ccc(-c3ccc(-c4ccc(OCCC)c(F)c4F)cc3)c(F)c2)OC1. The maximum absolute atomic E-state index is 15.1. The van der Waals surface area contributed by atoms with Crippen LogP contribution in [0.4, 0.5) is 13.2 Å². The topological polar surface area (TPSA) is 27.7 Å². The molecule has 0 amide bonds. The Balaban J connectivity index is 1.38. The van der Waals surface area contributed by atoms with Gasteiger partial charge >= 0.3 is 0 Å². The minimum atomic E-state index is -1.01. The predicted octanol–water partition coefficient (Wildman–Crippen LogP) is 9.25. The molecule has 3 aromatic rings. The molecule has 1 fully saturated rings. The molecule has 0 radical (unpaired) electrons. The van der Waals surface area contributed by atoms with Crippen LogP contribution in [0.2, 0.25) is 0 Å². The van der Waals surface area contributed by atoms with Crippen LogP contribution in [-0.2, 0) is 9.47 Å². The summed E-state index contributed by atoms with van der Waals surface area (Å²) in [6.07, 6.45) is 7.45. The van der Waals surface area contributed by atoms with Gasteiger partial charge in [0.1, 0.15) is 5.82 Å². The van der Waals surface area contributed by atoms with Crippen molar-refractivity contribution in [2.45, 2.75) is 65.1 Å². The zero-order chi connectivity index (χ0) is 26.9. The summed E-state index contributed by atoms with van der Waals surface area (Å²) in [5.74, 6) is -2.08. The molecular weight excluding hydrogens is 489 g/mol. The van der Waals surface area contributed by atoms with Gasteiger partial charge in [0.15, 0.2) is 17.9 Å². The molecule has 3 nitrogen and oxygen atoms in total. The summed E-state index contributed by atoms with van der Waals surface area (Å²) in [6.45, 7) is 5.65. The molecule has 1 saturated heterocycles. The van der Waals surface area contributed by atoms with Gasteiger partial charge in [0.25, 0.3) is 0 Å². The van der Waals surface area contributed by atoms with Crippen molar-refractivity contribution in [1.82, 2.24) is 0 Å². The Morgan fingerprint density at radius 1 is 0.737 bits per heavy atom. The molecular formula is C32H37F3O3. The average Bonchev–Trinajstić information content (AvgIpc) is 2.94. The van der Waals surface area contributed by atoms with Crippen LogP contribution in [0.1, 0.15) is 70.6 Å². The zero-order valence-electron chi connectivity index (χ0n) is 22.3. The van der Waals surface area contributed by atoms with Crippen LogP contribution in [0.5, 0.6) is 5.75 Å². The van der Waals surface area contributed by atoms with Gasteiger partial charge in [-0.25, -0.2) is 8.78 Å². The number of rotatable bonds is 12. The van der Waals surface area contributed by atoms with E-state index in [0.717, 1.165) is 6.42 Å². The van der Waals surface area contributed by atoms with Crippen molar-refractivity contribution in [1.29, 1.82) is 0 Å². The van der Waals surface area contributed by atoms with Crippen LogP contribution in [0.15, 0.2) is 54.6 Å². The van der Waals surface area contributed by atoms with Crippen molar-refractivity contribution >= 4 is 0 Å². The second-order valence-corrected chi connectivity index (χ2v) is 9.97. The Labute approximate surface area is 223 Å². The van der Waals surface area contributed by atoms with E-state index in [4.69, 9.17) is 14.2 Å². The van der Waals surface area contributed by atoms with Gasteiger partial charge in [0.05, 0.1) is 19.8 Å². The zero-order valence-corrected chi connectivity index (χ0v) is 22.3. The van der Waals surface area contributed by atoms with Crippen molar-refractivity contribution in [3.05, 3.63) is 77.6 Å². The largest absolute Gasteiger partial charge is 0.490 e. The molecule has 0 atom stereocenters. The molecule has 0 unspecified atom stereocenters. The Kier molecular flexibility index (Phi) is 10.2. The molecule has 0 bridgehead atoms. The predicted molar refractivity (Wildman–Crippen MR) is 144 cm³/mol. The van der Waals surface area contributed by atoms with Crippen molar-refractivity contribution in [2.24, 2.45) is 5.92 Å². The molecule has 4 rings (SSSR count). The Morgan fingerprint density at radius 2 is 1.39 bits per heavy atom. The van der Waals surface area contributed by atoms with E-state index in [-0.39, 0.29) is 11.3 Å². The third-order valence-corrected chi connectivity index (χ3v) is 6.96. The van der Waals surface area contributed by atoms with E-state index in [0.29, 0.717) is 54.4 Å². The summed E-state index contributed by atoms with van der Waals surface area (Å²) < 4.78 is 61.2.